The number of anilines is 1. The van der Waals surface area contributed by atoms with E-state index in [2.05, 4.69) is 17.1 Å². The fraction of sp³-hybridized carbons (Fsp3) is 0.588. The highest BCUT2D eigenvalue weighted by molar-refractivity contribution is 6.34. The minimum Gasteiger partial charge on any atom is -0.329 e. The fourth-order valence-corrected chi connectivity index (χ4v) is 3.56. The van der Waals surface area contributed by atoms with Crippen molar-refractivity contribution in [3.8, 4) is 0 Å². The molecule has 130 valence electrons. The van der Waals surface area contributed by atoms with Crippen molar-refractivity contribution in [1.29, 1.82) is 0 Å². The molecule has 4 nitrogen and oxygen atoms in total. The first kappa shape index (κ1) is 20.2. The SMILES string of the molecule is Cc1cc(C)c(NC(=O)CN2CCC(C)CC2CN)c(Cl)c1.Cl. The molecule has 1 aromatic carbocycles. The lowest BCUT2D eigenvalue weighted by atomic mass is 9.92. The number of halogens is 2. The predicted octanol–water partition coefficient (Wildman–Crippen LogP) is 3.38. The van der Waals surface area contributed by atoms with Gasteiger partial charge in [0.2, 0.25) is 5.91 Å². The summed E-state index contributed by atoms with van der Waals surface area (Å²) in [6.07, 6.45) is 2.18. The highest BCUT2D eigenvalue weighted by Crippen LogP contribution is 2.27. The molecule has 1 heterocycles. The second-order valence-electron chi connectivity index (χ2n) is 6.48. The van der Waals surface area contributed by atoms with E-state index in [1.807, 2.05) is 26.0 Å². The summed E-state index contributed by atoms with van der Waals surface area (Å²) in [4.78, 5) is 14.5. The first-order chi connectivity index (χ1) is 10.4. The monoisotopic (exact) mass is 359 g/mol. The number of hydrogen-bond acceptors (Lipinski definition) is 3. The Bertz CT molecular complexity index is 528. The summed E-state index contributed by atoms with van der Waals surface area (Å²) in [6.45, 7) is 8.09. The Kier molecular flexibility index (Phi) is 7.81. The first-order valence-electron chi connectivity index (χ1n) is 7.91. The molecule has 1 saturated heterocycles. The van der Waals surface area contributed by atoms with Crippen molar-refractivity contribution in [2.24, 2.45) is 11.7 Å². The van der Waals surface area contributed by atoms with E-state index < -0.39 is 0 Å². The molecule has 1 aliphatic rings. The maximum atomic E-state index is 12.4. The number of carbonyl (C=O) groups excluding carboxylic acids is 1. The molecular weight excluding hydrogens is 333 g/mol. The molecule has 2 rings (SSSR count). The Morgan fingerprint density at radius 1 is 1.43 bits per heavy atom. The van der Waals surface area contributed by atoms with E-state index in [1.54, 1.807) is 0 Å². The minimum absolute atomic E-state index is 0. The highest BCUT2D eigenvalue weighted by atomic mass is 35.5. The number of carbonyl (C=O) groups is 1. The van der Waals surface area contributed by atoms with Crippen molar-refractivity contribution >= 4 is 35.6 Å². The van der Waals surface area contributed by atoms with Gasteiger partial charge in [0.25, 0.3) is 0 Å². The number of amides is 1. The molecule has 23 heavy (non-hydrogen) atoms. The van der Waals surface area contributed by atoms with Gasteiger partial charge in [-0.3, -0.25) is 9.69 Å². The topological polar surface area (TPSA) is 58.4 Å². The zero-order chi connectivity index (χ0) is 16.3. The number of nitrogens with two attached hydrogens (primary N) is 1. The van der Waals surface area contributed by atoms with Crippen LogP contribution in [0, 0.1) is 19.8 Å². The Morgan fingerprint density at radius 3 is 2.74 bits per heavy atom. The summed E-state index contributed by atoms with van der Waals surface area (Å²) in [5, 5.41) is 3.55. The zero-order valence-corrected chi connectivity index (χ0v) is 15.6. The van der Waals surface area contributed by atoms with Crippen LogP contribution in [0.25, 0.3) is 0 Å². The molecule has 1 aliphatic heterocycles. The van der Waals surface area contributed by atoms with Crippen molar-refractivity contribution in [3.63, 3.8) is 0 Å². The van der Waals surface area contributed by atoms with Crippen LogP contribution in [-0.4, -0.2) is 36.5 Å². The summed E-state index contributed by atoms with van der Waals surface area (Å²) < 4.78 is 0. The van der Waals surface area contributed by atoms with Crippen molar-refractivity contribution < 1.29 is 4.79 Å². The number of nitrogens with one attached hydrogen (secondary N) is 1. The Hall–Kier alpha value is -0.810. The lowest BCUT2D eigenvalue weighted by Crippen LogP contribution is -2.49. The minimum atomic E-state index is -0.0261. The first-order valence-corrected chi connectivity index (χ1v) is 8.29. The number of hydrogen-bond donors (Lipinski definition) is 2. The fourth-order valence-electron chi connectivity index (χ4n) is 3.19. The Labute approximate surface area is 150 Å². The van der Waals surface area contributed by atoms with Crippen molar-refractivity contribution in [3.05, 3.63) is 28.3 Å². The molecule has 0 radical (unpaired) electrons. The van der Waals surface area contributed by atoms with E-state index in [-0.39, 0.29) is 18.3 Å². The molecule has 0 bridgehead atoms. The molecule has 1 aromatic rings. The maximum absolute atomic E-state index is 12.4. The average Bonchev–Trinajstić information content (AvgIpc) is 2.44. The van der Waals surface area contributed by atoms with E-state index in [0.717, 1.165) is 30.5 Å². The van der Waals surface area contributed by atoms with E-state index in [4.69, 9.17) is 17.3 Å². The molecule has 0 saturated carbocycles. The van der Waals surface area contributed by atoms with Crippen molar-refractivity contribution in [1.82, 2.24) is 4.90 Å². The molecule has 0 aliphatic carbocycles. The van der Waals surface area contributed by atoms with Gasteiger partial charge in [-0.1, -0.05) is 24.6 Å². The largest absolute Gasteiger partial charge is 0.329 e. The predicted molar refractivity (Wildman–Crippen MR) is 99.6 cm³/mol. The van der Waals surface area contributed by atoms with Crippen LogP contribution >= 0.6 is 24.0 Å². The lowest BCUT2D eigenvalue weighted by molar-refractivity contribution is -0.118. The van der Waals surface area contributed by atoms with Gasteiger partial charge in [0.05, 0.1) is 17.3 Å². The number of likely N-dealkylation sites (tertiary alicyclic amines) is 1. The van der Waals surface area contributed by atoms with Gasteiger partial charge in [0.15, 0.2) is 0 Å². The number of piperidine rings is 1. The van der Waals surface area contributed by atoms with E-state index >= 15 is 0 Å². The van der Waals surface area contributed by atoms with E-state index in [1.165, 1.54) is 0 Å². The standard InChI is InChI=1S/C17H26ClN3O.ClH/c1-11-4-5-21(14(7-11)9-19)10-16(22)20-17-13(3)6-12(2)8-15(17)18;/h6,8,11,14H,4-5,7,9-10,19H2,1-3H3,(H,20,22);1H. The second-order valence-corrected chi connectivity index (χ2v) is 6.88. The van der Waals surface area contributed by atoms with Gasteiger partial charge in [-0.25, -0.2) is 0 Å². The van der Waals surface area contributed by atoms with Gasteiger partial charge in [-0.2, -0.15) is 0 Å². The van der Waals surface area contributed by atoms with Crippen molar-refractivity contribution in [2.45, 2.75) is 39.7 Å². The number of nitrogens with zero attached hydrogens (tertiary/aromatic N) is 1. The van der Waals surface area contributed by atoms with Crippen LogP contribution in [0.1, 0.15) is 30.9 Å². The molecule has 2 atom stereocenters. The van der Waals surface area contributed by atoms with Gasteiger partial charge in [-0.05, 0) is 56.3 Å². The molecule has 1 amide bonds. The summed E-state index contributed by atoms with van der Waals surface area (Å²) in [5.74, 6) is 0.656. The van der Waals surface area contributed by atoms with Crippen molar-refractivity contribution in [2.75, 3.05) is 25.0 Å². The van der Waals surface area contributed by atoms with Gasteiger partial charge in [0.1, 0.15) is 0 Å². The summed E-state index contributed by atoms with van der Waals surface area (Å²) in [6, 6.07) is 4.19. The van der Waals surface area contributed by atoms with Gasteiger partial charge in [-0.15, -0.1) is 12.4 Å². The second kappa shape index (κ2) is 8.88. The summed E-state index contributed by atoms with van der Waals surface area (Å²) in [7, 11) is 0. The number of benzene rings is 1. The maximum Gasteiger partial charge on any atom is 0.238 e. The zero-order valence-electron chi connectivity index (χ0n) is 14.1. The normalized spacial score (nSPS) is 21.6. The van der Waals surface area contributed by atoms with Gasteiger partial charge >= 0.3 is 0 Å². The molecule has 0 spiro atoms. The molecule has 1 fully saturated rings. The number of aryl methyl sites for hydroxylation is 2. The van der Waals surface area contributed by atoms with Crippen LogP contribution < -0.4 is 11.1 Å². The molecule has 2 unspecified atom stereocenters. The van der Waals surface area contributed by atoms with Crippen LogP contribution in [0.4, 0.5) is 5.69 Å². The Balaban J connectivity index is 0.00000264. The van der Waals surface area contributed by atoms with Crippen LogP contribution in [0.3, 0.4) is 0 Å². The van der Waals surface area contributed by atoms with Gasteiger partial charge < -0.3 is 11.1 Å². The van der Waals surface area contributed by atoms with Crippen LogP contribution in [0.2, 0.25) is 5.02 Å². The van der Waals surface area contributed by atoms with Crippen LogP contribution in [0.5, 0.6) is 0 Å². The molecule has 6 heteroatoms. The van der Waals surface area contributed by atoms with E-state index in [0.29, 0.717) is 35.8 Å². The summed E-state index contributed by atoms with van der Waals surface area (Å²) in [5.41, 5.74) is 8.65. The van der Waals surface area contributed by atoms with Crippen LogP contribution in [-0.2, 0) is 4.79 Å². The smallest absolute Gasteiger partial charge is 0.238 e. The Morgan fingerprint density at radius 2 is 2.13 bits per heavy atom. The third-order valence-corrected chi connectivity index (χ3v) is 4.71. The molecule has 0 aromatic heterocycles. The third kappa shape index (κ3) is 5.35. The van der Waals surface area contributed by atoms with Gasteiger partial charge in [0, 0.05) is 12.6 Å². The lowest BCUT2D eigenvalue weighted by Gasteiger charge is -2.37. The van der Waals surface area contributed by atoms with Crippen LogP contribution in [0.15, 0.2) is 12.1 Å². The number of rotatable bonds is 4. The third-order valence-electron chi connectivity index (χ3n) is 4.41. The molecule has 3 N–H and O–H groups in total. The quantitative estimate of drug-likeness (QED) is 0.866. The molecular formula is C17H27Cl2N3O. The average molecular weight is 360 g/mol. The highest BCUT2D eigenvalue weighted by Gasteiger charge is 2.26. The summed E-state index contributed by atoms with van der Waals surface area (Å²) >= 11 is 6.25. The van der Waals surface area contributed by atoms with E-state index in [9.17, 15) is 4.79 Å².